The second-order valence-corrected chi connectivity index (χ2v) is 7.74. The van der Waals surface area contributed by atoms with Crippen molar-refractivity contribution < 1.29 is 9.59 Å². The summed E-state index contributed by atoms with van der Waals surface area (Å²) < 4.78 is 0. The van der Waals surface area contributed by atoms with Gasteiger partial charge in [0.05, 0.1) is 16.6 Å². The van der Waals surface area contributed by atoms with Gasteiger partial charge >= 0.3 is 0 Å². The monoisotopic (exact) mass is 390 g/mol. The van der Waals surface area contributed by atoms with E-state index in [9.17, 15) is 9.59 Å². The van der Waals surface area contributed by atoms with Crippen LogP contribution in [0.15, 0.2) is 65.7 Å². The molecule has 140 valence electrons. The molecule has 0 saturated carbocycles. The fourth-order valence-electron chi connectivity index (χ4n) is 3.01. The predicted octanol–water partition coefficient (Wildman–Crippen LogP) is 4.11. The highest BCUT2D eigenvalue weighted by Crippen LogP contribution is 2.37. The Morgan fingerprint density at radius 1 is 1.07 bits per heavy atom. The predicted molar refractivity (Wildman–Crippen MR) is 115 cm³/mol. The molecule has 1 atom stereocenters. The van der Waals surface area contributed by atoms with Crippen LogP contribution in [0.5, 0.6) is 0 Å². The standard InChI is InChI=1S/C21H18N4O2S/c1-12(20(27)23-15-10-8-14(9-11-15)19(22)26)28-21-24-16-6-2-4-13-5-3-7-17(25-21)18(13)16/h2-12H,1H3,(H2,22,26)(H,23,27)(H,24,25)/t12-/m0/s1. The van der Waals surface area contributed by atoms with Crippen molar-refractivity contribution in [3.63, 3.8) is 0 Å². The number of anilines is 2. The Labute approximate surface area is 166 Å². The van der Waals surface area contributed by atoms with Crippen LogP contribution in [-0.4, -0.2) is 22.2 Å². The van der Waals surface area contributed by atoms with Crippen molar-refractivity contribution in [2.45, 2.75) is 12.2 Å². The first-order valence-corrected chi connectivity index (χ1v) is 9.64. The average molecular weight is 390 g/mol. The van der Waals surface area contributed by atoms with Crippen molar-refractivity contribution >= 4 is 56.6 Å². The lowest BCUT2D eigenvalue weighted by Gasteiger charge is -2.20. The summed E-state index contributed by atoms with van der Waals surface area (Å²) in [6.07, 6.45) is 0. The van der Waals surface area contributed by atoms with Gasteiger partial charge in [-0.05, 0) is 48.7 Å². The first kappa shape index (κ1) is 18.1. The fourth-order valence-corrected chi connectivity index (χ4v) is 3.83. The highest BCUT2D eigenvalue weighted by Gasteiger charge is 2.20. The third-order valence-corrected chi connectivity index (χ3v) is 5.43. The number of aliphatic imine (C=N–C) groups is 1. The first-order chi connectivity index (χ1) is 13.5. The number of carbonyl (C=O) groups excluding carboxylic acids is 2. The Morgan fingerprint density at radius 3 is 2.50 bits per heavy atom. The van der Waals surface area contributed by atoms with Crippen LogP contribution >= 0.6 is 11.8 Å². The lowest BCUT2D eigenvalue weighted by molar-refractivity contribution is -0.115. The van der Waals surface area contributed by atoms with Crippen LogP contribution in [0, 0.1) is 0 Å². The summed E-state index contributed by atoms with van der Waals surface area (Å²) in [4.78, 5) is 28.3. The van der Waals surface area contributed by atoms with Crippen LogP contribution in [0.2, 0.25) is 0 Å². The van der Waals surface area contributed by atoms with Gasteiger partial charge in [0.2, 0.25) is 11.8 Å². The molecule has 3 aromatic rings. The molecule has 7 heteroatoms. The van der Waals surface area contributed by atoms with Crippen LogP contribution in [0.25, 0.3) is 10.8 Å². The van der Waals surface area contributed by atoms with E-state index >= 15 is 0 Å². The number of benzene rings is 3. The lowest BCUT2D eigenvalue weighted by Crippen LogP contribution is -2.26. The number of nitrogens with one attached hydrogen (secondary N) is 2. The lowest BCUT2D eigenvalue weighted by atomic mass is 10.1. The average Bonchev–Trinajstić information content (AvgIpc) is 2.68. The smallest absolute Gasteiger partial charge is 0.248 e. The molecular weight excluding hydrogens is 372 g/mol. The summed E-state index contributed by atoms with van der Waals surface area (Å²) in [5, 5.41) is 8.67. The van der Waals surface area contributed by atoms with Gasteiger partial charge in [-0.25, -0.2) is 4.99 Å². The number of hydrogen-bond donors (Lipinski definition) is 3. The number of amidine groups is 1. The van der Waals surface area contributed by atoms with Crippen LogP contribution in [-0.2, 0) is 4.79 Å². The molecule has 1 aliphatic heterocycles. The van der Waals surface area contributed by atoms with E-state index in [1.165, 1.54) is 11.8 Å². The minimum Gasteiger partial charge on any atom is -0.366 e. The van der Waals surface area contributed by atoms with Gasteiger partial charge < -0.3 is 16.4 Å². The van der Waals surface area contributed by atoms with E-state index < -0.39 is 5.91 Å². The minimum atomic E-state index is -0.501. The maximum Gasteiger partial charge on any atom is 0.248 e. The van der Waals surface area contributed by atoms with Crippen LogP contribution in [0.4, 0.5) is 17.1 Å². The molecule has 4 N–H and O–H groups in total. The third-order valence-electron chi connectivity index (χ3n) is 4.44. The van der Waals surface area contributed by atoms with Gasteiger partial charge in [0.25, 0.3) is 0 Å². The van der Waals surface area contributed by atoms with Gasteiger partial charge in [0, 0.05) is 16.6 Å². The number of nitrogens with two attached hydrogens (primary N) is 1. The molecule has 0 bridgehead atoms. The number of hydrogen-bond acceptors (Lipinski definition) is 5. The molecule has 1 heterocycles. The van der Waals surface area contributed by atoms with Gasteiger partial charge in [0.15, 0.2) is 5.17 Å². The van der Waals surface area contributed by atoms with E-state index in [-0.39, 0.29) is 11.2 Å². The molecule has 28 heavy (non-hydrogen) atoms. The molecule has 0 radical (unpaired) electrons. The van der Waals surface area contributed by atoms with Crippen molar-refractivity contribution in [2.24, 2.45) is 10.7 Å². The van der Waals surface area contributed by atoms with Crippen molar-refractivity contribution in [3.8, 4) is 0 Å². The van der Waals surface area contributed by atoms with Crippen LogP contribution in [0.1, 0.15) is 17.3 Å². The number of amides is 2. The SMILES string of the molecule is C[C@H](SC1=Nc2cccc3cccc(c23)N1)C(=O)Nc1ccc(C(N)=O)cc1. The summed E-state index contributed by atoms with van der Waals surface area (Å²) >= 11 is 1.36. The maximum atomic E-state index is 12.5. The molecule has 0 spiro atoms. The molecule has 0 unspecified atom stereocenters. The summed E-state index contributed by atoms with van der Waals surface area (Å²) in [6.45, 7) is 1.82. The first-order valence-electron chi connectivity index (χ1n) is 8.76. The van der Waals surface area contributed by atoms with Crippen molar-refractivity contribution in [1.82, 2.24) is 0 Å². The zero-order valence-corrected chi connectivity index (χ0v) is 15.9. The molecule has 6 nitrogen and oxygen atoms in total. The Bertz CT molecular complexity index is 1100. The van der Waals surface area contributed by atoms with E-state index in [4.69, 9.17) is 5.73 Å². The molecule has 0 aromatic heterocycles. The fraction of sp³-hybridized carbons (Fsp3) is 0.0952. The zero-order chi connectivity index (χ0) is 19.7. The quantitative estimate of drug-likeness (QED) is 0.624. The van der Waals surface area contributed by atoms with Gasteiger partial charge in [-0.15, -0.1) is 0 Å². The maximum absolute atomic E-state index is 12.5. The summed E-state index contributed by atoms with van der Waals surface area (Å²) in [5.74, 6) is -0.656. The minimum absolute atomic E-state index is 0.154. The van der Waals surface area contributed by atoms with E-state index in [1.807, 2.05) is 31.2 Å². The molecule has 0 aliphatic carbocycles. The molecule has 1 aliphatic rings. The molecule has 4 rings (SSSR count). The van der Waals surface area contributed by atoms with Crippen LogP contribution in [0.3, 0.4) is 0 Å². The number of nitrogens with zero attached hydrogens (tertiary/aromatic N) is 1. The Kier molecular flexibility index (Phi) is 4.75. The molecule has 3 aromatic carbocycles. The summed E-state index contributed by atoms with van der Waals surface area (Å²) in [5.41, 5.74) is 8.11. The van der Waals surface area contributed by atoms with Gasteiger partial charge in [-0.3, -0.25) is 9.59 Å². The molecule has 0 saturated heterocycles. The zero-order valence-electron chi connectivity index (χ0n) is 15.1. The van der Waals surface area contributed by atoms with E-state index in [1.54, 1.807) is 24.3 Å². The topological polar surface area (TPSA) is 96.6 Å². The highest BCUT2D eigenvalue weighted by atomic mass is 32.2. The van der Waals surface area contributed by atoms with Gasteiger partial charge in [-0.2, -0.15) is 0 Å². The second-order valence-electron chi connectivity index (χ2n) is 6.41. The largest absolute Gasteiger partial charge is 0.366 e. The Morgan fingerprint density at radius 2 is 1.79 bits per heavy atom. The molecular formula is C21H18N4O2S. The highest BCUT2D eigenvalue weighted by molar-refractivity contribution is 8.15. The Balaban J connectivity index is 1.47. The van der Waals surface area contributed by atoms with E-state index in [2.05, 4.69) is 27.8 Å². The van der Waals surface area contributed by atoms with E-state index in [0.717, 1.165) is 22.1 Å². The van der Waals surface area contributed by atoms with E-state index in [0.29, 0.717) is 16.4 Å². The Hall–Kier alpha value is -3.32. The molecule has 2 amide bonds. The summed E-state index contributed by atoms with van der Waals surface area (Å²) in [7, 11) is 0. The second kappa shape index (κ2) is 7.36. The van der Waals surface area contributed by atoms with Gasteiger partial charge in [0.1, 0.15) is 0 Å². The van der Waals surface area contributed by atoms with Crippen molar-refractivity contribution in [1.29, 1.82) is 0 Å². The normalized spacial score (nSPS) is 13.4. The van der Waals surface area contributed by atoms with Crippen molar-refractivity contribution in [2.75, 3.05) is 10.6 Å². The molecule has 0 fully saturated rings. The number of primary amides is 1. The third kappa shape index (κ3) is 3.57. The number of thioether (sulfide) groups is 1. The number of rotatable bonds is 4. The van der Waals surface area contributed by atoms with Crippen molar-refractivity contribution in [3.05, 3.63) is 66.2 Å². The van der Waals surface area contributed by atoms with Crippen LogP contribution < -0.4 is 16.4 Å². The number of carbonyl (C=O) groups is 2. The summed E-state index contributed by atoms with van der Waals surface area (Å²) in [6, 6.07) is 18.5. The van der Waals surface area contributed by atoms with Gasteiger partial charge in [-0.1, -0.05) is 36.0 Å².